The zero-order chi connectivity index (χ0) is 21.3. The van der Waals surface area contributed by atoms with Crippen molar-refractivity contribution in [2.24, 2.45) is 5.73 Å². The van der Waals surface area contributed by atoms with Gasteiger partial charge in [-0.1, -0.05) is 48.5 Å². The summed E-state index contributed by atoms with van der Waals surface area (Å²) in [5, 5.41) is 2.54. The Balaban J connectivity index is 1.46. The number of urea groups is 1. The topological polar surface area (TPSA) is 105 Å². The standard InChI is InChI=1S/C22H26N4O4/c23-22(29)24-19(17-7-3-1-4-8-17)15-21(28)30-16-20(27)26-13-11-25(12-14-26)18-9-5-2-6-10-18/h1-10,19H,11-16H2,(H3,23,24,29). The van der Waals surface area contributed by atoms with Gasteiger partial charge in [0.2, 0.25) is 0 Å². The normalized spacial score (nSPS) is 14.7. The molecule has 1 aliphatic heterocycles. The van der Waals surface area contributed by atoms with Crippen molar-refractivity contribution in [1.82, 2.24) is 10.2 Å². The van der Waals surface area contributed by atoms with Gasteiger partial charge in [-0.3, -0.25) is 9.59 Å². The molecule has 1 unspecified atom stereocenters. The molecule has 2 aromatic carbocycles. The number of benzene rings is 2. The van der Waals surface area contributed by atoms with Gasteiger partial charge in [-0.2, -0.15) is 0 Å². The molecular formula is C22H26N4O4. The quantitative estimate of drug-likeness (QED) is 0.676. The Morgan fingerprint density at radius 1 is 0.933 bits per heavy atom. The van der Waals surface area contributed by atoms with Crippen LogP contribution < -0.4 is 16.0 Å². The molecule has 3 amide bonds. The SMILES string of the molecule is NC(=O)NC(CC(=O)OCC(=O)N1CCN(c2ccccc2)CC1)c1ccccc1. The summed E-state index contributed by atoms with van der Waals surface area (Å²) in [6.45, 7) is 2.27. The Hall–Kier alpha value is -3.55. The molecule has 3 N–H and O–H groups in total. The van der Waals surface area contributed by atoms with Crippen LogP contribution in [-0.2, 0) is 14.3 Å². The minimum Gasteiger partial charge on any atom is -0.455 e. The molecule has 0 spiro atoms. The maximum Gasteiger partial charge on any atom is 0.312 e. The van der Waals surface area contributed by atoms with Gasteiger partial charge in [0.05, 0.1) is 12.5 Å². The molecule has 1 saturated heterocycles. The van der Waals surface area contributed by atoms with E-state index < -0.39 is 18.0 Å². The monoisotopic (exact) mass is 410 g/mol. The number of amides is 3. The number of primary amides is 1. The van der Waals surface area contributed by atoms with Gasteiger partial charge >= 0.3 is 12.0 Å². The smallest absolute Gasteiger partial charge is 0.312 e. The van der Waals surface area contributed by atoms with E-state index in [0.29, 0.717) is 13.1 Å². The van der Waals surface area contributed by atoms with Gasteiger partial charge in [0, 0.05) is 31.9 Å². The Morgan fingerprint density at radius 2 is 1.53 bits per heavy atom. The summed E-state index contributed by atoms with van der Waals surface area (Å²) >= 11 is 0. The van der Waals surface area contributed by atoms with Gasteiger partial charge in [0.1, 0.15) is 0 Å². The van der Waals surface area contributed by atoms with Gasteiger partial charge in [-0.05, 0) is 17.7 Å². The van der Waals surface area contributed by atoms with E-state index in [1.54, 1.807) is 29.2 Å². The van der Waals surface area contributed by atoms with Crippen molar-refractivity contribution in [2.45, 2.75) is 12.5 Å². The largest absolute Gasteiger partial charge is 0.455 e. The minimum atomic E-state index is -0.732. The van der Waals surface area contributed by atoms with Crippen LogP contribution in [-0.4, -0.2) is 55.6 Å². The second-order valence-corrected chi connectivity index (χ2v) is 7.04. The third-order valence-corrected chi connectivity index (χ3v) is 5.00. The number of para-hydroxylation sites is 1. The number of esters is 1. The first-order chi connectivity index (χ1) is 14.5. The number of anilines is 1. The van der Waals surface area contributed by atoms with Crippen molar-refractivity contribution in [2.75, 3.05) is 37.7 Å². The highest BCUT2D eigenvalue weighted by Gasteiger charge is 2.23. The lowest BCUT2D eigenvalue weighted by Crippen LogP contribution is -2.50. The number of rotatable bonds is 7. The summed E-state index contributed by atoms with van der Waals surface area (Å²) in [6, 6.07) is 17.7. The average molecular weight is 410 g/mol. The van der Waals surface area contributed by atoms with E-state index in [2.05, 4.69) is 10.2 Å². The van der Waals surface area contributed by atoms with Crippen LogP contribution in [0.2, 0.25) is 0 Å². The maximum absolute atomic E-state index is 12.4. The zero-order valence-electron chi connectivity index (χ0n) is 16.7. The van der Waals surface area contributed by atoms with E-state index in [1.165, 1.54) is 0 Å². The predicted octanol–water partition coefficient (Wildman–Crippen LogP) is 1.68. The van der Waals surface area contributed by atoms with Gasteiger partial charge in [-0.25, -0.2) is 4.79 Å². The first-order valence-electron chi connectivity index (χ1n) is 9.87. The molecule has 8 heteroatoms. The zero-order valence-corrected chi connectivity index (χ0v) is 16.7. The van der Waals surface area contributed by atoms with Crippen LogP contribution in [0.3, 0.4) is 0 Å². The van der Waals surface area contributed by atoms with Crippen LogP contribution in [0.5, 0.6) is 0 Å². The Bertz CT molecular complexity index is 852. The average Bonchev–Trinajstić information content (AvgIpc) is 2.78. The molecule has 0 aliphatic carbocycles. The van der Waals surface area contributed by atoms with Gasteiger partial charge in [-0.15, -0.1) is 0 Å². The van der Waals surface area contributed by atoms with Gasteiger partial charge in [0.25, 0.3) is 5.91 Å². The third-order valence-electron chi connectivity index (χ3n) is 5.00. The number of nitrogens with zero attached hydrogens (tertiary/aromatic N) is 2. The molecule has 0 bridgehead atoms. The summed E-state index contributed by atoms with van der Waals surface area (Å²) in [5.74, 6) is -0.802. The van der Waals surface area contributed by atoms with Crippen molar-refractivity contribution < 1.29 is 19.1 Å². The van der Waals surface area contributed by atoms with E-state index in [9.17, 15) is 14.4 Å². The molecule has 1 fully saturated rings. The number of carbonyl (C=O) groups excluding carboxylic acids is 3. The number of nitrogens with one attached hydrogen (secondary N) is 1. The molecule has 158 valence electrons. The highest BCUT2D eigenvalue weighted by molar-refractivity contribution is 5.81. The molecule has 8 nitrogen and oxygen atoms in total. The number of hydrogen-bond donors (Lipinski definition) is 2. The summed E-state index contributed by atoms with van der Waals surface area (Å²) in [5.41, 5.74) is 7.07. The molecule has 1 atom stereocenters. The number of nitrogens with two attached hydrogens (primary N) is 1. The lowest BCUT2D eigenvalue weighted by atomic mass is 10.0. The van der Waals surface area contributed by atoms with Crippen LogP contribution in [0.25, 0.3) is 0 Å². The lowest BCUT2D eigenvalue weighted by Gasteiger charge is -2.36. The molecular weight excluding hydrogens is 384 g/mol. The van der Waals surface area contributed by atoms with Crippen LogP contribution in [0, 0.1) is 0 Å². The van der Waals surface area contributed by atoms with Gasteiger partial charge in [0.15, 0.2) is 6.61 Å². The van der Waals surface area contributed by atoms with Crippen molar-refractivity contribution in [3.63, 3.8) is 0 Å². The fraction of sp³-hybridized carbons (Fsp3) is 0.318. The predicted molar refractivity (Wildman–Crippen MR) is 113 cm³/mol. The molecule has 1 aliphatic rings. The number of piperazine rings is 1. The van der Waals surface area contributed by atoms with Crippen molar-refractivity contribution >= 4 is 23.6 Å². The van der Waals surface area contributed by atoms with E-state index >= 15 is 0 Å². The fourth-order valence-corrected chi connectivity index (χ4v) is 3.42. The minimum absolute atomic E-state index is 0.109. The molecule has 3 rings (SSSR count). The molecule has 0 aromatic heterocycles. The summed E-state index contributed by atoms with van der Waals surface area (Å²) in [7, 11) is 0. The van der Waals surface area contributed by atoms with Crippen LogP contribution in [0.15, 0.2) is 60.7 Å². The number of hydrogen-bond acceptors (Lipinski definition) is 5. The number of carbonyl (C=O) groups is 3. The summed E-state index contributed by atoms with van der Waals surface area (Å²) in [6.07, 6.45) is -0.109. The van der Waals surface area contributed by atoms with E-state index in [1.807, 2.05) is 36.4 Å². The van der Waals surface area contributed by atoms with Crippen molar-refractivity contribution in [3.8, 4) is 0 Å². The summed E-state index contributed by atoms with van der Waals surface area (Å²) < 4.78 is 5.17. The Labute approximate surface area is 175 Å². The second kappa shape index (κ2) is 10.3. The van der Waals surface area contributed by atoms with E-state index in [4.69, 9.17) is 10.5 Å². The highest BCUT2D eigenvalue weighted by Crippen LogP contribution is 2.18. The molecule has 1 heterocycles. The van der Waals surface area contributed by atoms with Crippen LogP contribution in [0.1, 0.15) is 18.0 Å². The molecule has 2 aromatic rings. The third kappa shape index (κ3) is 5.97. The molecule has 30 heavy (non-hydrogen) atoms. The highest BCUT2D eigenvalue weighted by atomic mass is 16.5. The second-order valence-electron chi connectivity index (χ2n) is 7.04. The first-order valence-corrected chi connectivity index (χ1v) is 9.87. The van der Waals surface area contributed by atoms with Crippen LogP contribution >= 0.6 is 0 Å². The first kappa shape index (κ1) is 21.2. The maximum atomic E-state index is 12.4. The summed E-state index contributed by atoms with van der Waals surface area (Å²) in [4.78, 5) is 39.8. The van der Waals surface area contributed by atoms with Crippen molar-refractivity contribution in [1.29, 1.82) is 0 Å². The number of ether oxygens (including phenoxy) is 1. The Morgan fingerprint density at radius 3 is 2.13 bits per heavy atom. The van der Waals surface area contributed by atoms with E-state index in [-0.39, 0.29) is 18.9 Å². The van der Waals surface area contributed by atoms with Crippen LogP contribution in [0.4, 0.5) is 10.5 Å². The van der Waals surface area contributed by atoms with E-state index in [0.717, 1.165) is 24.3 Å². The molecule has 0 radical (unpaired) electrons. The van der Waals surface area contributed by atoms with Crippen molar-refractivity contribution in [3.05, 3.63) is 66.2 Å². The fourth-order valence-electron chi connectivity index (χ4n) is 3.42. The lowest BCUT2D eigenvalue weighted by molar-refractivity contribution is -0.152. The molecule has 0 saturated carbocycles. The van der Waals surface area contributed by atoms with Gasteiger partial charge < -0.3 is 25.6 Å². The Kier molecular flexibility index (Phi) is 7.26.